The molecule has 0 heterocycles. The summed E-state index contributed by atoms with van der Waals surface area (Å²) in [6.07, 6.45) is 4.73. The molecule has 1 N–H and O–H groups in total. The fourth-order valence-corrected chi connectivity index (χ4v) is 2.12. The Balaban J connectivity index is 2.15. The number of rotatable bonds is 11. The number of ether oxygens (including phenoxy) is 1. The van der Waals surface area contributed by atoms with E-state index in [9.17, 15) is 0 Å². The van der Waals surface area contributed by atoms with Crippen LogP contribution in [-0.4, -0.2) is 19.7 Å². The SMILES string of the molecule is CCCNCCc1ccc(COCCCC(C)C)cc1. The number of nitrogens with one attached hydrogen (secondary N) is 1. The Hall–Kier alpha value is -0.860. The van der Waals surface area contributed by atoms with E-state index in [1.54, 1.807) is 0 Å². The van der Waals surface area contributed by atoms with E-state index >= 15 is 0 Å². The van der Waals surface area contributed by atoms with Gasteiger partial charge in [0.15, 0.2) is 0 Å². The fraction of sp³-hybridized carbons (Fsp3) is 0.667. The molecular formula is C18H31NO. The molecule has 20 heavy (non-hydrogen) atoms. The van der Waals surface area contributed by atoms with E-state index in [1.165, 1.54) is 30.4 Å². The standard InChI is InChI=1S/C18H31NO/c1-4-12-19-13-11-17-7-9-18(10-8-17)15-20-14-5-6-16(2)3/h7-10,16,19H,4-6,11-15H2,1-3H3. The molecule has 0 spiro atoms. The van der Waals surface area contributed by atoms with Crippen molar-refractivity contribution in [3.05, 3.63) is 35.4 Å². The Kier molecular flexibility index (Phi) is 9.35. The minimum atomic E-state index is 0.743. The molecular weight excluding hydrogens is 246 g/mol. The van der Waals surface area contributed by atoms with Gasteiger partial charge in [-0.2, -0.15) is 0 Å². The molecule has 0 radical (unpaired) electrons. The molecule has 1 aromatic rings. The first-order chi connectivity index (χ1) is 9.72. The van der Waals surface area contributed by atoms with Gasteiger partial charge < -0.3 is 10.1 Å². The molecule has 0 bridgehead atoms. The molecule has 0 amide bonds. The van der Waals surface area contributed by atoms with Crippen LogP contribution in [0, 0.1) is 5.92 Å². The Morgan fingerprint density at radius 2 is 1.75 bits per heavy atom. The summed E-state index contributed by atoms with van der Waals surface area (Å²) in [4.78, 5) is 0. The largest absolute Gasteiger partial charge is 0.377 e. The lowest BCUT2D eigenvalue weighted by Crippen LogP contribution is -2.17. The third kappa shape index (κ3) is 8.34. The first kappa shape index (κ1) is 17.2. The highest BCUT2D eigenvalue weighted by Gasteiger charge is 1.97. The molecule has 2 heteroatoms. The van der Waals surface area contributed by atoms with Crippen molar-refractivity contribution in [2.45, 2.75) is 53.1 Å². The molecule has 0 unspecified atom stereocenters. The zero-order valence-electron chi connectivity index (χ0n) is 13.5. The molecule has 1 aromatic carbocycles. The lowest BCUT2D eigenvalue weighted by atomic mass is 10.1. The van der Waals surface area contributed by atoms with Crippen molar-refractivity contribution in [1.29, 1.82) is 0 Å². The predicted molar refractivity (Wildman–Crippen MR) is 87.0 cm³/mol. The van der Waals surface area contributed by atoms with Crippen LogP contribution in [-0.2, 0) is 17.8 Å². The van der Waals surface area contributed by atoms with Crippen molar-refractivity contribution in [3.63, 3.8) is 0 Å². The summed E-state index contributed by atoms with van der Waals surface area (Å²) in [5.74, 6) is 0.777. The van der Waals surface area contributed by atoms with Gasteiger partial charge in [-0.05, 0) is 55.8 Å². The highest BCUT2D eigenvalue weighted by molar-refractivity contribution is 5.22. The lowest BCUT2D eigenvalue weighted by molar-refractivity contribution is 0.115. The molecule has 2 nitrogen and oxygen atoms in total. The van der Waals surface area contributed by atoms with E-state index in [4.69, 9.17) is 4.74 Å². The Morgan fingerprint density at radius 3 is 2.40 bits per heavy atom. The third-order valence-corrected chi connectivity index (χ3v) is 3.38. The first-order valence-electron chi connectivity index (χ1n) is 8.08. The zero-order chi connectivity index (χ0) is 14.6. The summed E-state index contributed by atoms with van der Waals surface area (Å²) >= 11 is 0. The summed E-state index contributed by atoms with van der Waals surface area (Å²) in [5.41, 5.74) is 2.68. The molecule has 1 rings (SSSR count). The van der Waals surface area contributed by atoms with E-state index in [0.29, 0.717) is 0 Å². The van der Waals surface area contributed by atoms with Crippen molar-refractivity contribution in [2.24, 2.45) is 5.92 Å². The van der Waals surface area contributed by atoms with Gasteiger partial charge in [0.1, 0.15) is 0 Å². The molecule has 0 aliphatic rings. The maximum absolute atomic E-state index is 5.71. The second-order valence-electron chi connectivity index (χ2n) is 5.91. The lowest BCUT2D eigenvalue weighted by Gasteiger charge is -2.07. The average Bonchev–Trinajstić information content (AvgIpc) is 2.44. The summed E-state index contributed by atoms with van der Waals surface area (Å²) in [6, 6.07) is 8.83. The smallest absolute Gasteiger partial charge is 0.0716 e. The van der Waals surface area contributed by atoms with Crippen LogP contribution in [0.3, 0.4) is 0 Å². The number of hydrogen-bond acceptors (Lipinski definition) is 2. The van der Waals surface area contributed by atoms with Crippen molar-refractivity contribution in [3.8, 4) is 0 Å². The Morgan fingerprint density at radius 1 is 1.05 bits per heavy atom. The van der Waals surface area contributed by atoms with Crippen LogP contribution in [0.4, 0.5) is 0 Å². The highest BCUT2D eigenvalue weighted by Crippen LogP contribution is 2.08. The maximum Gasteiger partial charge on any atom is 0.0716 e. The summed E-state index contributed by atoms with van der Waals surface area (Å²) in [6.45, 7) is 10.5. The summed E-state index contributed by atoms with van der Waals surface area (Å²) in [7, 11) is 0. The van der Waals surface area contributed by atoms with Gasteiger partial charge in [0, 0.05) is 6.61 Å². The summed E-state index contributed by atoms with van der Waals surface area (Å²) < 4.78 is 5.71. The van der Waals surface area contributed by atoms with Crippen molar-refractivity contribution < 1.29 is 4.74 Å². The molecule has 114 valence electrons. The van der Waals surface area contributed by atoms with Gasteiger partial charge in [-0.25, -0.2) is 0 Å². The minimum absolute atomic E-state index is 0.743. The maximum atomic E-state index is 5.71. The van der Waals surface area contributed by atoms with E-state index in [0.717, 1.165) is 38.6 Å². The van der Waals surface area contributed by atoms with E-state index < -0.39 is 0 Å². The second kappa shape index (κ2) is 10.9. The quantitative estimate of drug-likeness (QED) is 0.613. The van der Waals surface area contributed by atoms with Gasteiger partial charge in [0.05, 0.1) is 6.61 Å². The van der Waals surface area contributed by atoms with Crippen LogP contribution < -0.4 is 5.32 Å². The molecule has 0 saturated carbocycles. The molecule has 0 saturated heterocycles. The van der Waals surface area contributed by atoms with Crippen LogP contribution in [0.15, 0.2) is 24.3 Å². The molecule has 0 aliphatic heterocycles. The average molecular weight is 277 g/mol. The molecule has 0 aliphatic carbocycles. The van der Waals surface area contributed by atoms with Crippen LogP contribution in [0.2, 0.25) is 0 Å². The molecule has 0 fully saturated rings. The van der Waals surface area contributed by atoms with Crippen molar-refractivity contribution in [1.82, 2.24) is 5.32 Å². The highest BCUT2D eigenvalue weighted by atomic mass is 16.5. The molecule has 0 atom stereocenters. The van der Waals surface area contributed by atoms with Gasteiger partial charge in [-0.15, -0.1) is 0 Å². The van der Waals surface area contributed by atoms with Crippen LogP contribution in [0.1, 0.15) is 51.2 Å². The minimum Gasteiger partial charge on any atom is -0.377 e. The number of hydrogen-bond donors (Lipinski definition) is 1. The van der Waals surface area contributed by atoms with Crippen LogP contribution in [0.25, 0.3) is 0 Å². The van der Waals surface area contributed by atoms with Crippen LogP contribution in [0.5, 0.6) is 0 Å². The van der Waals surface area contributed by atoms with Crippen molar-refractivity contribution in [2.75, 3.05) is 19.7 Å². The van der Waals surface area contributed by atoms with Gasteiger partial charge in [-0.3, -0.25) is 0 Å². The fourth-order valence-electron chi connectivity index (χ4n) is 2.12. The van der Waals surface area contributed by atoms with Gasteiger partial charge in [0.25, 0.3) is 0 Å². The number of benzene rings is 1. The third-order valence-electron chi connectivity index (χ3n) is 3.38. The Bertz CT molecular complexity index is 332. The van der Waals surface area contributed by atoms with Gasteiger partial charge in [0.2, 0.25) is 0 Å². The Labute approximate surface area is 124 Å². The van der Waals surface area contributed by atoms with E-state index in [1.807, 2.05) is 0 Å². The van der Waals surface area contributed by atoms with Crippen molar-refractivity contribution >= 4 is 0 Å². The van der Waals surface area contributed by atoms with Gasteiger partial charge in [-0.1, -0.05) is 45.0 Å². The van der Waals surface area contributed by atoms with E-state index in [2.05, 4.69) is 50.4 Å². The van der Waals surface area contributed by atoms with E-state index in [-0.39, 0.29) is 0 Å². The zero-order valence-corrected chi connectivity index (χ0v) is 13.5. The normalized spacial score (nSPS) is 11.2. The van der Waals surface area contributed by atoms with Crippen LogP contribution >= 0.6 is 0 Å². The predicted octanol–water partition coefficient (Wildman–Crippen LogP) is 4.18. The first-order valence-corrected chi connectivity index (χ1v) is 8.08. The second-order valence-corrected chi connectivity index (χ2v) is 5.91. The van der Waals surface area contributed by atoms with Gasteiger partial charge >= 0.3 is 0 Å². The topological polar surface area (TPSA) is 21.3 Å². The summed E-state index contributed by atoms with van der Waals surface area (Å²) in [5, 5.41) is 3.43. The monoisotopic (exact) mass is 277 g/mol. The molecule has 0 aromatic heterocycles.